The molecular formula is C52H58N8O7S2. The van der Waals surface area contributed by atoms with Crippen LogP contribution in [-0.2, 0) is 23.9 Å². The van der Waals surface area contributed by atoms with Crippen LogP contribution in [0.3, 0.4) is 0 Å². The number of nitrogens with one attached hydrogen (secondary N) is 2. The molecule has 3 N–H and O–H groups in total. The first-order valence-electron chi connectivity index (χ1n) is 23.0. The van der Waals surface area contributed by atoms with E-state index in [2.05, 4.69) is 39.7 Å². The van der Waals surface area contributed by atoms with Crippen LogP contribution in [0.1, 0.15) is 104 Å². The van der Waals surface area contributed by atoms with Gasteiger partial charge in [-0.3, -0.25) is 28.7 Å². The molecular weight excluding hydrogens is 913 g/mol. The molecule has 1 saturated heterocycles. The molecule has 3 amide bonds. The molecule has 15 nitrogen and oxygen atoms in total. The number of benzene rings is 3. The number of thiophene rings is 1. The molecule has 1 fully saturated rings. The number of amides is 3. The second-order valence-electron chi connectivity index (χ2n) is 18.9. The predicted molar refractivity (Wildman–Crippen MR) is 267 cm³/mol. The number of aryl methyl sites for hydroxylation is 3. The number of ether oxygens (including phenoxy) is 2. The molecule has 360 valence electrons. The van der Waals surface area contributed by atoms with Crippen molar-refractivity contribution in [3.63, 3.8) is 0 Å². The Hall–Kier alpha value is -6.56. The van der Waals surface area contributed by atoms with Crippen LogP contribution >= 0.6 is 22.7 Å². The number of hydrogen-bond acceptors (Lipinski definition) is 13. The van der Waals surface area contributed by atoms with Gasteiger partial charge in [-0.1, -0.05) is 81.4 Å². The zero-order valence-corrected chi connectivity index (χ0v) is 42.1. The summed E-state index contributed by atoms with van der Waals surface area (Å²) in [4.78, 5) is 67.6. The van der Waals surface area contributed by atoms with Crippen molar-refractivity contribution in [2.45, 2.75) is 112 Å². The van der Waals surface area contributed by atoms with E-state index in [9.17, 15) is 24.3 Å². The highest BCUT2D eigenvalue weighted by Crippen LogP contribution is 2.40. The molecule has 0 aliphatic carbocycles. The van der Waals surface area contributed by atoms with Gasteiger partial charge in [-0.2, -0.15) is 0 Å². The lowest BCUT2D eigenvalue weighted by atomic mass is 9.85. The zero-order chi connectivity index (χ0) is 49.5. The molecule has 0 saturated carbocycles. The Morgan fingerprint density at radius 3 is 2.13 bits per heavy atom. The van der Waals surface area contributed by atoms with E-state index in [0.29, 0.717) is 17.4 Å². The maximum atomic E-state index is 14.3. The first kappa shape index (κ1) is 48.9. The number of methoxy groups -OCH3 is 1. The van der Waals surface area contributed by atoms with Crippen LogP contribution < -0.4 is 15.4 Å². The average molecular weight is 971 g/mol. The largest absolute Gasteiger partial charge is 0.481 e. The minimum atomic E-state index is -1.02. The lowest BCUT2D eigenvalue weighted by Crippen LogP contribution is -2.59. The van der Waals surface area contributed by atoms with Gasteiger partial charge in [0.2, 0.25) is 11.8 Å². The summed E-state index contributed by atoms with van der Waals surface area (Å²) in [6.45, 7) is 17.0. The SMILES string of the molecule is COC(=O)CC1N=C(c2ccc(-c3ccc(O[C@H](C)C(=O)N[C@H](C(=O)N4C[C@H](O)C[C@H]4C(=O)N[C@@H](C)c4ccc(-c5scnc5C)cc4)C(C)(C)C)cc3)cc2)c2c(sc(C)c2C)-n2c(C)nnc21. The van der Waals surface area contributed by atoms with Crippen molar-refractivity contribution in [1.82, 2.24) is 35.3 Å². The Balaban J connectivity index is 0.921. The summed E-state index contributed by atoms with van der Waals surface area (Å²) in [5, 5.41) is 26.5. The molecule has 2 aliphatic rings. The number of hydrogen-bond donors (Lipinski definition) is 3. The van der Waals surface area contributed by atoms with E-state index in [1.165, 1.54) is 12.0 Å². The molecule has 5 heterocycles. The van der Waals surface area contributed by atoms with Crippen LogP contribution in [0.5, 0.6) is 5.75 Å². The van der Waals surface area contributed by atoms with Gasteiger partial charge in [0, 0.05) is 29.0 Å². The zero-order valence-electron chi connectivity index (χ0n) is 40.5. The summed E-state index contributed by atoms with van der Waals surface area (Å²) in [6.07, 6.45) is -1.78. The van der Waals surface area contributed by atoms with E-state index in [4.69, 9.17) is 14.5 Å². The van der Waals surface area contributed by atoms with Crippen molar-refractivity contribution in [1.29, 1.82) is 0 Å². The van der Waals surface area contributed by atoms with Gasteiger partial charge in [0.05, 0.1) is 47.5 Å². The molecule has 6 aromatic rings. The quantitative estimate of drug-likeness (QED) is 0.0958. The number of aliphatic imine (C=N–C) groups is 1. The number of β-amino-alcohol motifs (C(OH)–C–C–N with tert-alkyl or cyclic N) is 1. The van der Waals surface area contributed by atoms with Crippen molar-refractivity contribution in [2.24, 2.45) is 10.4 Å². The number of aliphatic hydroxyl groups is 1. The monoisotopic (exact) mass is 970 g/mol. The summed E-state index contributed by atoms with van der Waals surface area (Å²) in [6, 6.07) is 20.5. The Labute approximate surface area is 410 Å². The Morgan fingerprint density at radius 2 is 1.51 bits per heavy atom. The second kappa shape index (κ2) is 19.8. The van der Waals surface area contributed by atoms with Gasteiger partial charge in [0.15, 0.2) is 11.9 Å². The van der Waals surface area contributed by atoms with E-state index < -0.39 is 53.5 Å². The number of nitrogens with zero attached hydrogens (tertiary/aromatic N) is 6. The molecule has 0 bridgehead atoms. The average Bonchev–Trinajstić information content (AvgIpc) is 4.09. The second-order valence-corrected chi connectivity index (χ2v) is 20.9. The summed E-state index contributed by atoms with van der Waals surface area (Å²) in [7, 11) is 1.36. The fraction of sp³-hybridized carbons (Fsp3) is 0.385. The summed E-state index contributed by atoms with van der Waals surface area (Å²) in [5.41, 5.74) is 9.55. The number of likely N-dealkylation sites (tertiary alicyclic amines) is 1. The van der Waals surface area contributed by atoms with E-state index in [1.54, 1.807) is 41.7 Å². The first-order valence-corrected chi connectivity index (χ1v) is 24.7. The van der Waals surface area contributed by atoms with Crippen molar-refractivity contribution in [3.8, 4) is 32.3 Å². The van der Waals surface area contributed by atoms with E-state index in [0.717, 1.165) is 65.1 Å². The van der Waals surface area contributed by atoms with E-state index >= 15 is 0 Å². The van der Waals surface area contributed by atoms with Crippen LogP contribution in [0, 0.1) is 33.1 Å². The molecule has 0 radical (unpaired) electrons. The number of fused-ring (bicyclic) bond motifs is 3. The number of aromatic nitrogens is 4. The van der Waals surface area contributed by atoms with Gasteiger partial charge >= 0.3 is 5.97 Å². The smallest absolute Gasteiger partial charge is 0.308 e. The van der Waals surface area contributed by atoms with Gasteiger partial charge in [-0.25, -0.2) is 4.98 Å². The van der Waals surface area contributed by atoms with Gasteiger partial charge in [-0.15, -0.1) is 32.9 Å². The fourth-order valence-electron chi connectivity index (χ4n) is 8.85. The molecule has 8 rings (SSSR count). The Kier molecular flexibility index (Phi) is 14.0. The number of thiazole rings is 1. The minimum Gasteiger partial charge on any atom is -0.481 e. The lowest BCUT2D eigenvalue weighted by molar-refractivity contribution is -0.145. The lowest BCUT2D eigenvalue weighted by Gasteiger charge is -2.36. The van der Waals surface area contributed by atoms with Gasteiger partial charge in [0.1, 0.15) is 34.7 Å². The van der Waals surface area contributed by atoms with Crippen LogP contribution in [0.4, 0.5) is 0 Å². The van der Waals surface area contributed by atoms with Crippen molar-refractivity contribution in [3.05, 3.63) is 123 Å². The van der Waals surface area contributed by atoms with Gasteiger partial charge in [-0.05, 0) is 86.9 Å². The standard InChI is InChI=1S/C52H58N8O7S2/c1-27-31(5)69-51-43(27)44(55-40(24-42(62)66-10)47-58-57-32(6)60(47)51)36-15-13-34(14-16-36)35-19-21-39(22-20-35)67-30(4)48(63)56-46(52(7,8)9)50(65)59-25-38(61)23-41(59)49(64)54-28(2)33-11-17-37(18-12-33)45-29(3)53-26-68-45/h11-22,26,28,30,38,40-41,46,61H,23-25H2,1-10H3,(H,54,64)(H,56,63)/t28-,30+,38+,40?,41-,46+/m0/s1. The highest BCUT2D eigenvalue weighted by molar-refractivity contribution is 7.15. The predicted octanol–water partition coefficient (Wildman–Crippen LogP) is 7.95. The van der Waals surface area contributed by atoms with Gasteiger partial charge in [0.25, 0.3) is 5.91 Å². The topological polar surface area (TPSA) is 190 Å². The fourth-order valence-corrected chi connectivity index (χ4v) is 10.9. The Bertz CT molecular complexity index is 2910. The first-order chi connectivity index (χ1) is 32.8. The van der Waals surface area contributed by atoms with Crippen molar-refractivity contribution in [2.75, 3.05) is 13.7 Å². The molecule has 6 atom stereocenters. The van der Waals surface area contributed by atoms with Crippen molar-refractivity contribution >= 4 is 52.1 Å². The summed E-state index contributed by atoms with van der Waals surface area (Å²) < 4.78 is 13.1. The van der Waals surface area contributed by atoms with Crippen LogP contribution in [0.2, 0.25) is 0 Å². The molecule has 1 unspecified atom stereocenters. The third-order valence-corrected chi connectivity index (χ3v) is 15.1. The number of aliphatic hydroxyl groups excluding tert-OH is 1. The van der Waals surface area contributed by atoms with Gasteiger partial charge < -0.3 is 30.1 Å². The van der Waals surface area contributed by atoms with Crippen molar-refractivity contribution < 1.29 is 33.8 Å². The van der Waals surface area contributed by atoms with E-state index in [-0.39, 0.29) is 31.3 Å². The normalized spacial score (nSPS) is 18.0. The number of carbonyl (C=O) groups excluding carboxylic acids is 4. The molecule has 0 spiro atoms. The Morgan fingerprint density at radius 1 is 0.870 bits per heavy atom. The molecule has 3 aromatic carbocycles. The maximum absolute atomic E-state index is 14.3. The van der Waals surface area contributed by atoms with Crippen LogP contribution in [-0.4, -0.2) is 97.1 Å². The van der Waals surface area contributed by atoms with Crippen LogP contribution in [0.15, 0.2) is 83.3 Å². The molecule has 17 heteroatoms. The maximum Gasteiger partial charge on any atom is 0.308 e. The molecule has 3 aromatic heterocycles. The summed E-state index contributed by atoms with van der Waals surface area (Å²) >= 11 is 3.22. The third-order valence-electron chi connectivity index (χ3n) is 12.9. The summed E-state index contributed by atoms with van der Waals surface area (Å²) in [5.74, 6) is 0.0299. The third kappa shape index (κ3) is 10.1. The highest BCUT2D eigenvalue weighted by atomic mass is 32.1. The number of carbonyl (C=O) groups is 4. The molecule has 69 heavy (non-hydrogen) atoms. The number of rotatable bonds is 13. The van der Waals surface area contributed by atoms with Crippen LogP contribution in [0.25, 0.3) is 26.6 Å². The highest BCUT2D eigenvalue weighted by Gasteiger charge is 2.45. The molecule has 2 aliphatic heterocycles. The minimum absolute atomic E-state index is 0.0174. The van der Waals surface area contributed by atoms with E-state index in [1.807, 2.05) is 112 Å². The number of esters is 1.